The Kier molecular flexibility index (Phi) is 6.91. The van der Waals surface area contributed by atoms with Crippen molar-refractivity contribution in [3.63, 3.8) is 0 Å². The Bertz CT molecular complexity index is 810. The summed E-state index contributed by atoms with van der Waals surface area (Å²) in [6.45, 7) is 6.42. The largest absolute Gasteiger partial charge is 0.352 e. The molecule has 1 aliphatic rings. The maximum atomic E-state index is 12.7. The molecule has 2 N–H and O–H groups in total. The number of carbonyl (C=O) groups excluding carboxylic acids is 2. The fourth-order valence-corrected chi connectivity index (χ4v) is 3.60. The number of hydrogen-bond donors (Lipinski definition) is 2. The number of piperidine rings is 1. The van der Waals surface area contributed by atoms with E-state index in [-0.39, 0.29) is 11.9 Å². The van der Waals surface area contributed by atoms with Gasteiger partial charge < -0.3 is 15.5 Å². The molecule has 3 rings (SSSR count). The quantitative estimate of drug-likeness (QED) is 0.787. The molecule has 0 aliphatic carbocycles. The van der Waals surface area contributed by atoms with Crippen molar-refractivity contribution in [1.82, 2.24) is 15.5 Å². The van der Waals surface area contributed by atoms with Gasteiger partial charge >= 0.3 is 6.03 Å². The summed E-state index contributed by atoms with van der Waals surface area (Å²) in [6, 6.07) is 18.3. The summed E-state index contributed by atoms with van der Waals surface area (Å²) in [5.41, 5.74) is 3.10. The van der Waals surface area contributed by atoms with Crippen LogP contribution in [-0.2, 0) is 17.8 Å². The minimum Gasteiger partial charge on any atom is -0.352 e. The highest BCUT2D eigenvalue weighted by atomic mass is 16.2. The molecule has 0 atom stereocenters. The molecule has 2 aromatic carbocycles. The Morgan fingerprint density at radius 3 is 2.24 bits per heavy atom. The Balaban J connectivity index is 1.41. The maximum Gasteiger partial charge on any atom is 0.317 e. The van der Waals surface area contributed by atoms with Crippen LogP contribution in [0.1, 0.15) is 36.5 Å². The topological polar surface area (TPSA) is 61.4 Å². The average molecular weight is 394 g/mol. The van der Waals surface area contributed by atoms with Crippen molar-refractivity contribution in [2.45, 2.75) is 39.7 Å². The van der Waals surface area contributed by atoms with Gasteiger partial charge in [0.05, 0.1) is 0 Å². The number of nitrogens with one attached hydrogen (secondary N) is 2. The fraction of sp³-hybridized carbons (Fsp3) is 0.417. The van der Waals surface area contributed by atoms with Gasteiger partial charge in [0.25, 0.3) is 0 Å². The monoisotopic (exact) mass is 393 g/mol. The highest BCUT2D eigenvalue weighted by molar-refractivity contribution is 5.83. The first kappa shape index (κ1) is 20.9. The van der Waals surface area contributed by atoms with E-state index in [1.54, 1.807) is 0 Å². The number of likely N-dealkylation sites (tertiary alicyclic amines) is 1. The Labute approximate surface area is 173 Å². The molecule has 3 amide bonds. The Morgan fingerprint density at radius 2 is 1.59 bits per heavy atom. The van der Waals surface area contributed by atoms with E-state index in [9.17, 15) is 9.59 Å². The molecule has 1 heterocycles. The molecule has 0 spiro atoms. The second-order valence-electron chi connectivity index (χ2n) is 8.18. The van der Waals surface area contributed by atoms with Crippen LogP contribution in [0, 0.1) is 12.3 Å². The van der Waals surface area contributed by atoms with E-state index in [1.165, 1.54) is 11.1 Å². The molecule has 0 aromatic heterocycles. The molecule has 0 saturated carbocycles. The van der Waals surface area contributed by atoms with Crippen LogP contribution in [-0.4, -0.2) is 36.5 Å². The molecule has 1 fully saturated rings. The van der Waals surface area contributed by atoms with Crippen LogP contribution in [0.4, 0.5) is 4.79 Å². The van der Waals surface area contributed by atoms with Crippen molar-refractivity contribution < 1.29 is 9.59 Å². The normalized spacial score (nSPS) is 15.6. The van der Waals surface area contributed by atoms with Crippen LogP contribution in [0.3, 0.4) is 0 Å². The third kappa shape index (κ3) is 5.83. The summed E-state index contributed by atoms with van der Waals surface area (Å²) in [5, 5.41) is 6.06. The minimum atomic E-state index is -0.425. The predicted molar refractivity (Wildman–Crippen MR) is 115 cm³/mol. The SMILES string of the molecule is Cc1ccc(CNC(=O)C2(C)CCN(C(=O)NCCc3ccccc3)CC2)cc1. The van der Waals surface area contributed by atoms with Gasteiger partial charge in [-0.2, -0.15) is 0 Å². The second kappa shape index (κ2) is 9.59. The molecular weight excluding hydrogens is 362 g/mol. The highest BCUT2D eigenvalue weighted by Crippen LogP contribution is 2.31. The van der Waals surface area contributed by atoms with Crippen LogP contribution in [0.5, 0.6) is 0 Å². The number of nitrogens with zero attached hydrogens (tertiary/aromatic N) is 1. The van der Waals surface area contributed by atoms with E-state index in [1.807, 2.05) is 42.2 Å². The average Bonchev–Trinajstić information content (AvgIpc) is 2.74. The first-order valence-electron chi connectivity index (χ1n) is 10.4. The molecule has 0 bridgehead atoms. The van der Waals surface area contributed by atoms with Gasteiger partial charge in [-0.05, 0) is 37.3 Å². The lowest BCUT2D eigenvalue weighted by atomic mass is 9.79. The van der Waals surface area contributed by atoms with Crippen molar-refractivity contribution in [3.05, 3.63) is 71.3 Å². The molecule has 154 valence electrons. The number of benzene rings is 2. The first-order chi connectivity index (χ1) is 14.0. The Morgan fingerprint density at radius 1 is 0.931 bits per heavy atom. The lowest BCUT2D eigenvalue weighted by Crippen LogP contribution is -2.51. The standard InChI is InChI=1S/C24H31N3O2/c1-19-8-10-21(11-9-19)18-26-22(28)24(2)13-16-27(17-14-24)23(29)25-15-12-20-6-4-3-5-7-20/h3-11H,12-18H2,1-2H3,(H,25,29)(H,26,28). The van der Waals surface area contributed by atoms with Gasteiger partial charge in [-0.15, -0.1) is 0 Å². The van der Waals surface area contributed by atoms with Gasteiger partial charge in [0.1, 0.15) is 0 Å². The molecule has 1 aliphatic heterocycles. The van der Waals surface area contributed by atoms with Crippen molar-refractivity contribution in [3.8, 4) is 0 Å². The van der Waals surface area contributed by atoms with Gasteiger partial charge in [-0.25, -0.2) is 4.79 Å². The van der Waals surface area contributed by atoms with Gasteiger partial charge in [-0.3, -0.25) is 4.79 Å². The van der Waals surface area contributed by atoms with Crippen molar-refractivity contribution in [1.29, 1.82) is 0 Å². The summed E-state index contributed by atoms with van der Waals surface area (Å²) in [4.78, 5) is 27.0. The van der Waals surface area contributed by atoms with Crippen LogP contribution in [0.2, 0.25) is 0 Å². The van der Waals surface area contributed by atoms with Gasteiger partial charge in [0.2, 0.25) is 5.91 Å². The zero-order valence-electron chi connectivity index (χ0n) is 17.4. The molecule has 0 radical (unpaired) electrons. The van der Waals surface area contributed by atoms with Crippen molar-refractivity contribution >= 4 is 11.9 Å². The van der Waals surface area contributed by atoms with E-state index >= 15 is 0 Å². The third-order valence-electron chi connectivity index (χ3n) is 5.81. The minimum absolute atomic E-state index is 0.0388. The smallest absolute Gasteiger partial charge is 0.317 e. The summed E-state index contributed by atoms with van der Waals surface area (Å²) >= 11 is 0. The van der Waals surface area contributed by atoms with Crippen molar-refractivity contribution in [2.24, 2.45) is 5.41 Å². The summed E-state index contributed by atoms with van der Waals surface area (Å²) in [6.07, 6.45) is 2.18. The number of amides is 3. The highest BCUT2D eigenvalue weighted by Gasteiger charge is 2.37. The maximum absolute atomic E-state index is 12.7. The van der Waals surface area contributed by atoms with Crippen LogP contribution < -0.4 is 10.6 Å². The van der Waals surface area contributed by atoms with E-state index < -0.39 is 5.41 Å². The second-order valence-corrected chi connectivity index (χ2v) is 8.18. The molecule has 1 saturated heterocycles. The zero-order valence-corrected chi connectivity index (χ0v) is 17.4. The number of urea groups is 1. The van der Waals surface area contributed by atoms with E-state index in [2.05, 4.69) is 41.8 Å². The van der Waals surface area contributed by atoms with Gasteiger partial charge in [0.15, 0.2) is 0 Å². The predicted octanol–water partition coefficient (Wildman–Crippen LogP) is 3.67. The molecule has 5 heteroatoms. The Hall–Kier alpha value is -2.82. The summed E-state index contributed by atoms with van der Waals surface area (Å²) in [7, 11) is 0. The first-order valence-corrected chi connectivity index (χ1v) is 10.4. The number of hydrogen-bond acceptors (Lipinski definition) is 2. The van der Waals surface area contributed by atoms with Gasteiger partial charge in [0, 0.05) is 31.6 Å². The molecule has 2 aromatic rings. The molecule has 29 heavy (non-hydrogen) atoms. The zero-order chi connectivity index (χ0) is 20.7. The number of aryl methyl sites for hydroxylation is 1. The molecular formula is C24H31N3O2. The summed E-state index contributed by atoms with van der Waals surface area (Å²) in [5.74, 6) is 0.0715. The van der Waals surface area contributed by atoms with E-state index in [0.717, 1.165) is 12.0 Å². The lowest BCUT2D eigenvalue weighted by molar-refractivity contribution is -0.132. The third-order valence-corrected chi connectivity index (χ3v) is 5.81. The van der Waals surface area contributed by atoms with Crippen molar-refractivity contribution in [2.75, 3.05) is 19.6 Å². The molecule has 5 nitrogen and oxygen atoms in total. The number of rotatable bonds is 6. The van der Waals surface area contributed by atoms with Crippen LogP contribution >= 0.6 is 0 Å². The van der Waals surface area contributed by atoms with Crippen LogP contribution in [0.15, 0.2) is 54.6 Å². The van der Waals surface area contributed by atoms with E-state index in [4.69, 9.17) is 0 Å². The summed E-state index contributed by atoms with van der Waals surface area (Å²) < 4.78 is 0. The van der Waals surface area contributed by atoms with Crippen LogP contribution in [0.25, 0.3) is 0 Å². The number of carbonyl (C=O) groups is 2. The van der Waals surface area contributed by atoms with E-state index in [0.29, 0.717) is 39.0 Å². The van der Waals surface area contributed by atoms with Gasteiger partial charge in [-0.1, -0.05) is 67.1 Å². The lowest BCUT2D eigenvalue weighted by Gasteiger charge is -2.38. The molecule has 0 unspecified atom stereocenters. The fourth-order valence-electron chi connectivity index (χ4n) is 3.60.